The van der Waals surface area contributed by atoms with Gasteiger partial charge in [-0.15, -0.1) is 0 Å². The van der Waals surface area contributed by atoms with Crippen molar-refractivity contribution in [2.24, 2.45) is 0 Å². The number of fused-ring (bicyclic) bond motifs is 3. The third-order valence-electron chi connectivity index (χ3n) is 3.05. The lowest BCUT2D eigenvalue weighted by atomic mass is 9.99. The highest BCUT2D eigenvalue weighted by Gasteiger charge is 2.20. The Morgan fingerprint density at radius 1 is 1.35 bits per heavy atom. The van der Waals surface area contributed by atoms with Crippen LogP contribution in [0.15, 0.2) is 24.4 Å². The molecule has 1 N–H and O–H groups in total. The van der Waals surface area contributed by atoms with Crippen LogP contribution in [0.3, 0.4) is 0 Å². The van der Waals surface area contributed by atoms with Gasteiger partial charge in [0.25, 0.3) is 0 Å². The summed E-state index contributed by atoms with van der Waals surface area (Å²) in [5, 5.41) is 4.18. The molecule has 4 nitrogen and oxygen atoms in total. The number of nitrogens with one attached hydrogen (secondary N) is 1. The zero-order chi connectivity index (χ0) is 11.8. The molecule has 0 saturated heterocycles. The molecule has 0 radical (unpaired) electrons. The van der Waals surface area contributed by atoms with E-state index in [1.54, 1.807) is 13.3 Å². The molecule has 17 heavy (non-hydrogen) atoms. The Hall–Kier alpha value is -2.10. The number of carbonyl (C=O) groups is 1. The number of hydrogen-bond donors (Lipinski definition) is 1. The molecule has 0 aliphatic carbocycles. The minimum absolute atomic E-state index is 0.172. The Labute approximate surface area is 98.6 Å². The molecule has 1 aliphatic rings. The molecule has 2 heterocycles. The van der Waals surface area contributed by atoms with Gasteiger partial charge in [-0.3, -0.25) is 9.78 Å². The van der Waals surface area contributed by atoms with Gasteiger partial charge in [-0.1, -0.05) is 0 Å². The van der Waals surface area contributed by atoms with Gasteiger partial charge in [0.2, 0.25) is 0 Å². The van der Waals surface area contributed by atoms with Crippen molar-refractivity contribution in [1.82, 2.24) is 4.98 Å². The third kappa shape index (κ3) is 1.45. The van der Waals surface area contributed by atoms with E-state index in [0.29, 0.717) is 13.0 Å². The molecule has 0 atom stereocenters. The fraction of sp³-hybridized carbons (Fsp3) is 0.231. The summed E-state index contributed by atoms with van der Waals surface area (Å²) in [7, 11) is 1.63. The maximum absolute atomic E-state index is 11.8. The Balaban J connectivity index is 2.35. The van der Waals surface area contributed by atoms with Crippen LogP contribution >= 0.6 is 0 Å². The molecule has 1 aromatic carbocycles. The number of anilines is 1. The van der Waals surface area contributed by atoms with Gasteiger partial charge in [-0.2, -0.15) is 0 Å². The van der Waals surface area contributed by atoms with Gasteiger partial charge in [-0.05, 0) is 18.2 Å². The molecule has 2 aromatic rings. The molecule has 3 rings (SSSR count). The van der Waals surface area contributed by atoms with Crippen molar-refractivity contribution in [2.75, 3.05) is 19.0 Å². The molecular weight excluding hydrogens is 216 g/mol. The summed E-state index contributed by atoms with van der Waals surface area (Å²) in [6.07, 6.45) is 2.24. The summed E-state index contributed by atoms with van der Waals surface area (Å²) in [4.78, 5) is 16.1. The fourth-order valence-electron chi connectivity index (χ4n) is 2.22. The molecule has 0 fully saturated rings. The number of Topliss-reactive ketones (excluding diaryl/α,β-unsaturated/α-hetero) is 1. The fourth-order valence-corrected chi connectivity index (χ4v) is 2.22. The van der Waals surface area contributed by atoms with E-state index in [2.05, 4.69) is 10.3 Å². The second-order valence-corrected chi connectivity index (χ2v) is 4.00. The monoisotopic (exact) mass is 228 g/mol. The van der Waals surface area contributed by atoms with E-state index < -0.39 is 0 Å². The Bertz CT molecular complexity index is 608. The summed E-state index contributed by atoms with van der Waals surface area (Å²) in [5.74, 6) is 0.947. The first-order valence-corrected chi connectivity index (χ1v) is 5.54. The van der Waals surface area contributed by atoms with Crippen molar-refractivity contribution in [2.45, 2.75) is 6.42 Å². The molecule has 4 heteroatoms. The van der Waals surface area contributed by atoms with E-state index >= 15 is 0 Å². The minimum Gasteiger partial charge on any atom is -0.496 e. The van der Waals surface area contributed by atoms with Gasteiger partial charge >= 0.3 is 0 Å². The maximum atomic E-state index is 11.8. The summed E-state index contributed by atoms with van der Waals surface area (Å²) in [6, 6.07) is 5.56. The predicted molar refractivity (Wildman–Crippen MR) is 65.7 cm³/mol. The molecule has 0 amide bonds. The molecule has 0 spiro atoms. The van der Waals surface area contributed by atoms with Crippen LogP contribution in [0.2, 0.25) is 0 Å². The molecule has 86 valence electrons. The normalized spacial score (nSPS) is 14.3. The highest BCUT2D eigenvalue weighted by atomic mass is 16.5. The van der Waals surface area contributed by atoms with Gasteiger partial charge in [0.15, 0.2) is 5.78 Å². The average Bonchev–Trinajstić information content (AvgIpc) is 2.38. The Kier molecular flexibility index (Phi) is 2.21. The van der Waals surface area contributed by atoms with Crippen LogP contribution in [-0.4, -0.2) is 24.4 Å². The number of carbonyl (C=O) groups excluding carboxylic acids is 1. The first kappa shape index (κ1) is 10.1. The average molecular weight is 228 g/mol. The molecule has 0 bridgehead atoms. The van der Waals surface area contributed by atoms with E-state index in [4.69, 9.17) is 4.74 Å². The van der Waals surface area contributed by atoms with E-state index in [-0.39, 0.29) is 5.78 Å². The van der Waals surface area contributed by atoms with Crippen molar-refractivity contribution >= 4 is 22.4 Å². The van der Waals surface area contributed by atoms with Crippen LogP contribution in [0.4, 0.5) is 5.69 Å². The lowest BCUT2D eigenvalue weighted by Crippen LogP contribution is -2.18. The standard InChI is InChI=1S/C13H12N2O2/c1-17-11-5-7-15-13-9(11)3-2-8-10(16)4-6-14-12(8)13/h2-3,5,7,14H,4,6H2,1H3. The largest absolute Gasteiger partial charge is 0.496 e. The third-order valence-corrected chi connectivity index (χ3v) is 3.05. The van der Waals surface area contributed by atoms with Crippen LogP contribution < -0.4 is 10.1 Å². The minimum atomic E-state index is 0.172. The predicted octanol–water partition coefficient (Wildman–Crippen LogP) is 2.24. The number of pyridine rings is 1. The zero-order valence-corrected chi connectivity index (χ0v) is 9.49. The second kappa shape index (κ2) is 3.73. The number of aromatic nitrogens is 1. The lowest BCUT2D eigenvalue weighted by Gasteiger charge is -2.18. The Morgan fingerprint density at radius 2 is 2.24 bits per heavy atom. The topological polar surface area (TPSA) is 51.2 Å². The van der Waals surface area contributed by atoms with E-state index in [9.17, 15) is 4.79 Å². The maximum Gasteiger partial charge on any atom is 0.166 e. The van der Waals surface area contributed by atoms with Crippen LogP contribution in [0.5, 0.6) is 5.75 Å². The number of hydrogen-bond acceptors (Lipinski definition) is 4. The highest BCUT2D eigenvalue weighted by molar-refractivity contribution is 6.10. The van der Waals surface area contributed by atoms with Crippen molar-refractivity contribution in [3.63, 3.8) is 0 Å². The van der Waals surface area contributed by atoms with Crippen LogP contribution in [0.1, 0.15) is 16.8 Å². The number of rotatable bonds is 1. The summed E-state index contributed by atoms with van der Waals surface area (Å²) in [6.45, 7) is 0.670. The quantitative estimate of drug-likeness (QED) is 0.813. The van der Waals surface area contributed by atoms with Crippen molar-refractivity contribution in [1.29, 1.82) is 0 Å². The summed E-state index contributed by atoms with van der Waals surface area (Å²) >= 11 is 0. The number of nitrogens with zero attached hydrogens (tertiary/aromatic N) is 1. The number of ether oxygens (including phenoxy) is 1. The van der Waals surface area contributed by atoms with Gasteiger partial charge in [0, 0.05) is 30.1 Å². The lowest BCUT2D eigenvalue weighted by molar-refractivity contribution is 0.0984. The molecular formula is C13H12N2O2. The van der Waals surface area contributed by atoms with Crippen molar-refractivity contribution in [3.05, 3.63) is 30.0 Å². The SMILES string of the molecule is COc1ccnc2c3c(ccc12)C(=O)CCN3. The molecule has 0 unspecified atom stereocenters. The van der Waals surface area contributed by atoms with Gasteiger partial charge < -0.3 is 10.1 Å². The van der Waals surface area contributed by atoms with Crippen LogP contribution in [0.25, 0.3) is 10.9 Å². The van der Waals surface area contributed by atoms with Crippen LogP contribution in [0, 0.1) is 0 Å². The summed E-state index contributed by atoms with van der Waals surface area (Å²) < 4.78 is 5.29. The van der Waals surface area contributed by atoms with Crippen molar-refractivity contribution < 1.29 is 9.53 Å². The molecule has 1 aromatic heterocycles. The summed E-state index contributed by atoms with van der Waals surface area (Å²) in [5.41, 5.74) is 2.36. The number of methoxy groups -OCH3 is 1. The highest BCUT2D eigenvalue weighted by Crippen LogP contribution is 2.33. The first-order chi connectivity index (χ1) is 8.31. The van der Waals surface area contributed by atoms with E-state index in [1.807, 2.05) is 18.2 Å². The first-order valence-electron chi connectivity index (χ1n) is 5.54. The van der Waals surface area contributed by atoms with Gasteiger partial charge in [0.1, 0.15) is 5.75 Å². The molecule has 1 aliphatic heterocycles. The smallest absolute Gasteiger partial charge is 0.166 e. The number of ketones is 1. The van der Waals surface area contributed by atoms with Gasteiger partial charge in [-0.25, -0.2) is 0 Å². The number of benzene rings is 1. The van der Waals surface area contributed by atoms with Crippen molar-refractivity contribution in [3.8, 4) is 5.75 Å². The Morgan fingerprint density at radius 3 is 3.06 bits per heavy atom. The second-order valence-electron chi connectivity index (χ2n) is 4.00. The van der Waals surface area contributed by atoms with E-state index in [0.717, 1.165) is 27.9 Å². The van der Waals surface area contributed by atoms with Gasteiger partial charge in [0.05, 0.1) is 18.3 Å². The van der Waals surface area contributed by atoms with E-state index in [1.165, 1.54) is 0 Å². The molecule has 0 saturated carbocycles. The zero-order valence-electron chi connectivity index (χ0n) is 9.49. The van der Waals surface area contributed by atoms with Crippen LogP contribution in [-0.2, 0) is 0 Å².